The van der Waals surface area contributed by atoms with Gasteiger partial charge in [-0.2, -0.15) is 0 Å². The third kappa shape index (κ3) is 6.06. The van der Waals surface area contributed by atoms with Gasteiger partial charge in [-0.15, -0.1) is 0 Å². The Morgan fingerprint density at radius 3 is 2.15 bits per heavy atom. The SMILES string of the molecule is Cc1cc(-c2c[nH]c3ncc(-c4cc(C)c(N5CCN(C6CCN(C)CC6)CC5)c(C)c4)cc23)ccc1C(=O)N1CCC(O)CC1. The first-order chi connectivity index (χ1) is 22.2. The van der Waals surface area contributed by atoms with E-state index in [1.807, 2.05) is 36.4 Å². The maximum absolute atomic E-state index is 13.2. The van der Waals surface area contributed by atoms with Crippen molar-refractivity contribution in [2.24, 2.45) is 0 Å². The zero-order valence-electron chi connectivity index (χ0n) is 27.9. The molecule has 0 spiro atoms. The smallest absolute Gasteiger partial charge is 0.254 e. The molecular formula is C38H48N6O2. The van der Waals surface area contributed by atoms with Crippen molar-refractivity contribution in [3.63, 3.8) is 0 Å². The Kier molecular flexibility index (Phi) is 8.61. The van der Waals surface area contributed by atoms with Crippen LogP contribution in [0.25, 0.3) is 33.3 Å². The van der Waals surface area contributed by atoms with Crippen LogP contribution in [0.4, 0.5) is 5.69 Å². The van der Waals surface area contributed by atoms with E-state index in [4.69, 9.17) is 4.98 Å². The van der Waals surface area contributed by atoms with E-state index in [0.717, 1.165) is 71.1 Å². The first kappa shape index (κ1) is 30.9. The molecule has 8 heteroatoms. The molecule has 3 saturated heterocycles. The van der Waals surface area contributed by atoms with Gasteiger partial charge in [-0.25, -0.2) is 4.98 Å². The second kappa shape index (κ2) is 12.8. The number of nitrogens with zero attached hydrogens (tertiary/aromatic N) is 5. The molecule has 1 amide bonds. The van der Waals surface area contributed by atoms with Gasteiger partial charge in [0.1, 0.15) is 5.65 Å². The third-order valence-electron chi connectivity index (χ3n) is 10.7. The lowest BCUT2D eigenvalue weighted by atomic mass is 9.96. The van der Waals surface area contributed by atoms with Crippen LogP contribution in [0.15, 0.2) is 48.8 Å². The number of pyridine rings is 1. The molecule has 3 aliphatic heterocycles. The standard InChI is InChI=1S/C38H48N6O2/c1-25-19-28(5-6-33(25)38(46)44-13-9-32(45)10-14-44)35-24-40-37-34(35)22-30(23-39-37)29-20-26(2)36(27(3)21-29)43-17-15-42(16-18-43)31-7-11-41(4)12-8-31/h5-6,19-24,31-32,45H,7-18H2,1-4H3,(H,39,40). The molecule has 3 aliphatic rings. The number of piperidine rings is 2. The molecular weight excluding hydrogens is 572 g/mol. The van der Waals surface area contributed by atoms with E-state index in [0.29, 0.717) is 25.9 Å². The number of benzene rings is 2. The number of fused-ring (bicyclic) bond motifs is 1. The van der Waals surface area contributed by atoms with Crippen LogP contribution >= 0.6 is 0 Å². The second-order valence-corrected chi connectivity index (χ2v) is 13.9. The van der Waals surface area contributed by atoms with Crippen LogP contribution in [-0.2, 0) is 0 Å². The number of hydrogen-bond donors (Lipinski definition) is 2. The Hall–Kier alpha value is -3.72. The molecule has 46 heavy (non-hydrogen) atoms. The maximum Gasteiger partial charge on any atom is 0.254 e. The number of carbonyl (C=O) groups is 1. The van der Waals surface area contributed by atoms with Crippen LogP contribution in [0.1, 0.15) is 52.7 Å². The zero-order chi connectivity index (χ0) is 31.9. The third-order valence-corrected chi connectivity index (χ3v) is 10.7. The van der Waals surface area contributed by atoms with Gasteiger partial charge in [0.2, 0.25) is 0 Å². The molecule has 0 aliphatic carbocycles. The van der Waals surface area contributed by atoms with Gasteiger partial charge in [0.25, 0.3) is 5.91 Å². The van der Waals surface area contributed by atoms with Gasteiger partial charge in [-0.1, -0.05) is 12.1 Å². The van der Waals surface area contributed by atoms with E-state index in [1.165, 1.54) is 48.3 Å². The lowest BCUT2D eigenvalue weighted by Crippen LogP contribution is -2.53. The summed E-state index contributed by atoms with van der Waals surface area (Å²) in [4.78, 5) is 31.0. The summed E-state index contributed by atoms with van der Waals surface area (Å²) in [6.07, 6.45) is 7.57. The fourth-order valence-electron chi connectivity index (χ4n) is 8.00. The Balaban J connectivity index is 1.09. The highest BCUT2D eigenvalue weighted by Gasteiger charge is 2.28. The molecule has 0 unspecified atom stereocenters. The number of hydrogen-bond acceptors (Lipinski definition) is 6. The average molecular weight is 621 g/mol. The molecule has 8 nitrogen and oxygen atoms in total. The molecule has 2 aromatic carbocycles. The molecule has 0 radical (unpaired) electrons. The highest BCUT2D eigenvalue weighted by atomic mass is 16.3. The number of amides is 1. The summed E-state index contributed by atoms with van der Waals surface area (Å²) in [5, 5.41) is 10.9. The number of aliphatic hydroxyl groups excluding tert-OH is 1. The molecule has 7 rings (SSSR count). The lowest BCUT2D eigenvalue weighted by Gasteiger charge is -2.43. The molecule has 0 atom stereocenters. The number of anilines is 1. The topological polar surface area (TPSA) is 78.9 Å². The number of rotatable bonds is 5. The zero-order valence-corrected chi connectivity index (χ0v) is 27.9. The largest absolute Gasteiger partial charge is 0.393 e. The number of aryl methyl sites for hydroxylation is 3. The monoisotopic (exact) mass is 620 g/mol. The van der Waals surface area contributed by atoms with E-state index in [2.05, 4.69) is 64.8 Å². The number of aromatic nitrogens is 2. The summed E-state index contributed by atoms with van der Waals surface area (Å²) >= 11 is 0. The van der Waals surface area contributed by atoms with E-state index < -0.39 is 0 Å². The van der Waals surface area contributed by atoms with E-state index >= 15 is 0 Å². The van der Waals surface area contributed by atoms with Gasteiger partial charge in [-0.3, -0.25) is 9.69 Å². The first-order valence-electron chi connectivity index (χ1n) is 17.1. The molecule has 0 bridgehead atoms. The summed E-state index contributed by atoms with van der Waals surface area (Å²) in [6.45, 7) is 14.6. The molecule has 2 N–H and O–H groups in total. The quantitative estimate of drug-likeness (QED) is 0.301. The number of carbonyl (C=O) groups excluding carboxylic acids is 1. The van der Waals surface area contributed by atoms with Gasteiger partial charge >= 0.3 is 0 Å². The Morgan fingerprint density at radius 1 is 0.804 bits per heavy atom. The van der Waals surface area contributed by atoms with Crippen molar-refractivity contribution in [2.45, 2.75) is 58.6 Å². The minimum absolute atomic E-state index is 0.0483. The molecule has 0 saturated carbocycles. The minimum atomic E-state index is -0.298. The van der Waals surface area contributed by atoms with Crippen molar-refractivity contribution in [3.05, 3.63) is 71.0 Å². The van der Waals surface area contributed by atoms with Crippen molar-refractivity contribution in [1.82, 2.24) is 24.7 Å². The number of nitrogens with one attached hydrogen (secondary N) is 1. The summed E-state index contributed by atoms with van der Waals surface area (Å²) in [6, 6.07) is 13.7. The van der Waals surface area contributed by atoms with E-state index in [9.17, 15) is 9.90 Å². The van der Waals surface area contributed by atoms with Gasteiger partial charge in [0.05, 0.1) is 6.10 Å². The Bertz CT molecular complexity index is 1700. The summed E-state index contributed by atoms with van der Waals surface area (Å²) < 4.78 is 0. The molecule has 3 fully saturated rings. The summed E-state index contributed by atoms with van der Waals surface area (Å²) in [7, 11) is 2.24. The van der Waals surface area contributed by atoms with Crippen molar-refractivity contribution < 1.29 is 9.90 Å². The summed E-state index contributed by atoms with van der Waals surface area (Å²) in [5.74, 6) is 0.0483. The maximum atomic E-state index is 13.2. The van der Waals surface area contributed by atoms with Crippen LogP contribution in [0, 0.1) is 20.8 Å². The van der Waals surface area contributed by atoms with E-state index in [1.54, 1.807) is 0 Å². The predicted molar refractivity (Wildman–Crippen MR) is 187 cm³/mol. The average Bonchev–Trinajstić information content (AvgIpc) is 3.49. The number of aliphatic hydroxyl groups is 1. The second-order valence-electron chi connectivity index (χ2n) is 13.9. The number of aromatic amines is 1. The fraction of sp³-hybridized carbons (Fsp3) is 0.474. The van der Waals surface area contributed by atoms with Gasteiger partial charge < -0.3 is 24.8 Å². The summed E-state index contributed by atoms with van der Waals surface area (Å²) in [5.41, 5.74) is 11.0. The lowest BCUT2D eigenvalue weighted by molar-refractivity contribution is 0.0546. The van der Waals surface area contributed by atoms with Gasteiger partial charge in [0.15, 0.2) is 0 Å². The van der Waals surface area contributed by atoms with Crippen LogP contribution < -0.4 is 4.90 Å². The molecule has 2 aromatic heterocycles. The first-order valence-corrected chi connectivity index (χ1v) is 17.1. The fourth-order valence-corrected chi connectivity index (χ4v) is 8.00. The van der Waals surface area contributed by atoms with Crippen LogP contribution in [0.3, 0.4) is 0 Å². The highest BCUT2D eigenvalue weighted by Crippen LogP contribution is 2.36. The molecule has 242 valence electrons. The molecule has 4 aromatic rings. The highest BCUT2D eigenvalue weighted by molar-refractivity contribution is 5.99. The number of likely N-dealkylation sites (tertiary alicyclic amines) is 2. The molecule has 5 heterocycles. The van der Waals surface area contributed by atoms with Crippen molar-refractivity contribution in [2.75, 3.05) is 64.3 Å². The predicted octanol–water partition coefficient (Wildman–Crippen LogP) is 5.64. The van der Waals surface area contributed by atoms with E-state index in [-0.39, 0.29) is 12.0 Å². The Labute approximate surface area is 273 Å². The normalized spacial score (nSPS) is 19.3. The number of piperazine rings is 1. The van der Waals surface area contributed by atoms with Crippen LogP contribution in [-0.4, -0.2) is 107 Å². The van der Waals surface area contributed by atoms with Crippen LogP contribution in [0.2, 0.25) is 0 Å². The minimum Gasteiger partial charge on any atom is -0.393 e. The van der Waals surface area contributed by atoms with Crippen molar-refractivity contribution >= 4 is 22.6 Å². The van der Waals surface area contributed by atoms with Gasteiger partial charge in [-0.05, 0) is 119 Å². The van der Waals surface area contributed by atoms with Gasteiger partial charge in [0, 0.05) is 85.5 Å². The van der Waals surface area contributed by atoms with Crippen LogP contribution in [0.5, 0.6) is 0 Å². The van der Waals surface area contributed by atoms with Crippen molar-refractivity contribution in [1.29, 1.82) is 0 Å². The Morgan fingerprint density at radius 2 is 1.48 bits per heavy atom. The van der Waals surface area contributed by atoms with Crippen molar-refractivity contribution in [3.8, 4) is 22.3 Å². The number of H-pyrrole nitrogens is 1.